The van der Waals surface area contributed by atoms with Crippen LogP contribution < -0.4 is 5.32 Å². The highest BCUT2D eigenvalue weighted by Gasteiger charge is 2.21. The van der Waals surface area contributed by atoms with Crippen molar-refractivity contribution in [2.75, 3.05) is 0 Å². The monoisotopic (exact) mass is 461 g/mol. The van der Waals surface area contributed by atoms with Crippen molar-refractivity contribution in [1.82, 2.24) is 24.3 Å². The Labute approximate surface area is 193 Å². The van der Waals surface area contributed by atoms with Crippen LogP contribution in [-0.4, -0.2) is 24.8 Å². The maximum atomic E-state index is 14.2. The number of carbonyl (C=O) groups is 1. The van der Waals surface area contributed by atoms with Gasteiger partial charge in [-0.3, -0.25) is 9.20 Å². The van der Waals surface area contributed by atoms with E-state index in [1.54, 1.807) is 34.4 Å². The SMILES string of the molecule is Cc1ccc(CNC(=O)c2nc(-c3cn(Cc4ccc(F)cc4F)c(C)n3)n3ccccc23)o1. The number of benzene rings is 1. The van der Waals surface area contributed by atoms with Crippen molar-refractivity contribution < 1.29 is 18.0 Å². The van der Waals surface area contributed by atoms with Gasteiger partial charge in [0, 0.05) is 24.0 Å². The van der Waals surface area contributed by atoms with Crippen LogP contribution >= 0.6 is 0 Å². The summed E-state index contributed by atoms with van der Waals surface area (Å²) in [6.07, 6.45) is 3.55. The van der Waals surface area contributed by atoms with E-state index in [-0.39, 0.29) is 24.7 Å². The number of carbonyl (C=O) groups excluding carboxylic acids is 1. The van der Waals surface area contributed by atoms with Gasteiger partial charge in [0.1, 0.15) is 34.7 Å². The van der Waals surface area contributed by atoms with Crippen LogP contribution in [-0.2, 0) is 13.1 Å². The van der Waals surface area contributed by atoms with Gasteiger partial charge < -0.3 is 14.3 Å². The highest BCUT2D eigenvalue weighted by molar-refractivity contribution is 5.99. The lowest BCUT2D eigenvalue weighted by molar-refractivity contribution is 0.0945. The van der Waals surface area contributed by atoms with Crippen LogP contribution in [0.3, 0.4) is 0 Å². The maximum absolute atomic E-state index is 14.2. The fourth-order valence-electron chi connectivity index (χ4n) is 3.83. The number of imidazole rings is 2. The van der Waals surface area contributed by atoms with Crippen molar-refractivity contribution in [2.24, 2.45) is 0 Å². The first-order valence-corrected chi connectivity index (χ1v) is 10.7. The van der Waals surface area contributed by atoms with Gasteiger partial charge in [-0.2, -0.15) is 0 Å². The molecule has 9 heteroatoms. The molecule has 0 spiro atoms. The third-order valence-corrected chi connectivity index (χ3v) is 5.54. The molecular weight excluding hydrogens is 440 g/mol. The molecule has 0 saturated carbocycles. The van der Waals surface area contributed by atoms with Gasteiger partial charge in [-0.05, 0) is 44.2 Å². The number of hydrogen-bond donors (Lipinski definition) is 1. The van der Waals surface area contributed by atoms with E-state index in [1.165, 1.54) is 12.1 Å². The molecule has 1 N–H and O–H groups in total. The third kappa shape index (κ3) is 4.07. The van der Waals surface area contributed by atoms with E-state index in [0.29, 0.717) is 34.2 Å². The topological polar surface area (TPSA) is 77.4 Å². The molecule has 34 heavy (non-hydrogen) atoms. The molecule has 5 aromatic rings. The minimum atomic E-state index is -0.624. The molecule has 0 radical (unpaired) electrons. The highest BCUT2D eigenvalue weighted by Crippen LogP contribution is 2.23. The van der Waals surface area contributed by atoms with Crippen LogP contribution in [0.15, 0.2) is 65.3 Å². The van der Waals surface area contributed by atoms with E-state index >= 15 is 0 Å². The number of hydrogen-bond acceptors (Lipinski definition) is 4. The number of amides is 1. The third-order valence-electron chi connectivity index (χ3n) is 5.54. The minimum Gasteiger partial charge on any atom is -0.465 e. The molecule has 1 aromatic carbocycles. The number of fused-ring (bicyclic) bond motifs is 1. The molecule has 172 valence electrons. The number of nitrogens with zero attached hydrogens (tertiary/aromatic N) is 4. The summed E-state index contributed by atoms with van der Waals surface area (Å²) in [7, 11) is 0. The summed E-state index contributed by atoms with van der Waals surface area (Å²) in [4.78, 5) is 22.1. The fourth-order valence-corrected chi connectivity index (χ4v) is 3.83. The zero-order valence-corrected chi connectivity index (χ0v) is 18.5. The van der Waals surface area contributed by atoms with Crippen molar-refractivity contribution in [3.05, 3.63) is 101 Å². The summed E-state index contributed by atoms with van der Waals surface area (Å²) >= 11 is 0. The van der Waals surface area contributed by atoms with Crippen molar-refractivity contribution in [1.29, 1.82) is 0 Å². The second kappa shape index (κ2) is 8.58. The summed E-state index contributed by atoms with van der Waals surface area (Å²) in [5.41, 5.74) is 1.76. The first kappa shape index (κ1) is 21.6. The van der Waals surface area contributed by atoms with E-state index in [0.717, 1.165) is 11.8 Å². The van der Waals surface area contributed by atoms with Gasteiger partial charge in [0.15, 0.2) is 11.5 Å². The van der Waals surface area contributed by atoms with Gasteiger partial charge in [-0.25, -0.2) is 18.7 Å². The van der Waals surface area contributed by atoms with Crippen molar-refractivity contribution in [2.45, 2.75) is 26.9 Å². The Bertz CT molecular complexity index is 1520. The smallest absolute Gasteiger partial charge is 0.272 e. The summed E-state index contributed by atoms with van der Waals surface area (Å²) in [5.74, 6) is 0.949. The van der Waals surface area contributed by atoms with Gasteiger partial charge in [0.05, 0.1) is 18.6 Å². The summed E-state index contributed by atoms with van der Waals surface area (Å²) in [6, 6.07) is 12.6. The maximum Gasteiger partial charge on any atom is 0.272 e. The van der Waals surface area contributed by atoms with Crippen molar-refractivity contribution in [3.63, 3.8) is 0 Å². The molecule has 1 amide bonds. The van der Waals surface area contributed by atoms with Gasteiger partial charge in [0.25, 0.3) is 5.91 Å². The number of pyridine rings is 1. The van der Waals surface area contributed by atoms with E-state index in [1.807, 2.05) is 31.2 Å². The largest absolute Gasteiger partial charge is 0.465 e. The molecule has 0 fully saturated rings. The van der Waals surface area contributed by atoms with E-state index in [2.05, 4.69) is 15.3 Å². The molecule has 0 aliphatic carbocycles. The number of rotatable bonds is 6. The first-order valence-electron chi connectivity index (χ1n) is 10.7. The predicted molar refractivity (Wildman–Crippen MR) is 121 cm³/mol. The number of furan rings is 1. The highest BCUT2D eigenvalue weighted by atomic mass is 19.1. The van der Waals surface area contributed by atoms with Crippen LogP contribution in [0.25, 0.3) is 17.0 Å². The Kier molecular flexibility index (Phi) is 5.45. The van der Waals surface area contributed by atoms with E-state index in [4.69, 9.17) is 4.42 Å². The van der Waals surface area contributed by atoms with Crippen LogP contribution in [0.1, 0.15) is 33.4 Å². The van der Waals surface area contributed by atoms with Crippen LogP contribution in [0, 0.1) is 25.5 Å². The molecule has 0 bridgehead atoms. The normalized spacial score (nSPS) is 11.3. The Balaban J connectivity index is 1.46. The average Bonchev–Trinajstić information content (AvgIpc) is 3.51. The molecule has 4 heterocycles. The number of halogens is 2. The molecule has 7 nitrogen and oxygen atoms in total. The lowest BCUT2D eigenvalue weighted by Crippen LogP contribution is -2.23. The van der Waals surface area contributed by atoms with Crippen LogP contribution in [0.4, 0.5) is 8.78 Å². The van der Waals surface area contributed by atoms with Gasteiger partial charge in [-0.1, -0.05) is 12.1 Å². The number of aromatic nitrogens is 4. The molecule has 0 aliphatic heterocycles. The predicted octanol–water partition coefficient (Wildman–Crippen LogP) is 4.66. The first-order chi connectivity index (χ1) is 16.4. The number of aryl methyl sites for hydroxylation is 2. The average molecular weight is 461 g/mol. The molecular formula is C25H21F2N5O2. The second-order valence-electron chi connectivity index (χ2n) is 7.97. The van der Waals surface area contributed by atoms with Crippen LogP contribution in [0.2, 0.25) is 0 Å². The fraction of sp³-hybridized carbons (Fsp3) is 0.160. The summed E-state index contributed by atoms with van der Waals surface area (Å²) in [5, 5.41) is 2.84. The van der Waals surface area contributed by atoms with Gasteiger partial charge in [-0.15, -0.1) is 0 Å². The zero-order valence-electron chi connectivity index (χ0n) is 18.5. The van der Waals surface area contributed by atoms with E-state index in [9.17, 15) is 13.6 Å². The number of nitrogens with one attached hydrogen (secondary N) is 1. The second-order valence-corrected chi connectivity index (χ2v) is 7.97. The van der Waals surface area contributed by atoms with Crippen molar-refractivity contribution >= 4 is 11.4 Å². The van der Waals surface area contributed by atoms with Gasteiger partial charge in [0.2, 0.25) is 0 Å². The Morgan fingerprint density at radius 2 is 1.94 bits per heavy atom. The Morgan fingerprint density at radius 3 is 2.71 bits per heavy atom. The molecule has 5 rings (SSSR count). The Morgan fingerprint density at radius 1 is 1.09 bits per heavy atom. The molecule has 0 saturated heterocycles. The minimum absolute atomic E-state index is 0.185. The lowest BCUT2D eigenvalue weighted by Gasteiger charge is -2.06. The summed E-state index contributed by atoms with van der Waals surface area (Å²) in [6.45, 7) is 4.06. The molecule has 0 atom stereocenters. The van der Waals surface area contributed by atoms with Crippen molar-refractivity contribution in [3.8, 4) is 11.5 Å². The van der Waals surface area contributed by atoms with Gasteiger partial charge >= 0.3 is 0 Å². The zero-order chi connectivity index (χ0) is 23.8. The van der Waals surface area contributed by atoms with E-state index < -0.39 is 11.6 Å². The lowest BCUT2D eigenvalue weighted by atomic mass is 10.2. The molecule has 4 aromatic heterocycles. The standard InChI is InChI=1S/C25H21F2N5O2/c1-15-6-9-19(34-15)12-28-25(33)23-22-5-3-4-10-32(22)24(30-23)21-14-31(16(2)29-21)13-17-7-8-18(26)11-20(17)27/h3-11,14H,12-13H2,1-2H3,(H,28,33). The quantitative estimate of drug-likeness (QED) is 0.399. The van der Waals surface area contributed by atoms with Crippen LogP contribution in [0.5, 0.6) is 0 Å². The molecule has 0 aliphatic rings. The Hall–Kier alpha value is -4.27. The summed E-state index contributed by atoms with van der Waals surface area (Å²) < 4.78 is 36.5. The molecule has 0 unspecified atom stereocenters.